The molecule has 0 aliphatic carbocycles. The maximum atomic E-state index is 2.47. The van der Waals surface area contributed by atoms with Crippen molar-refractivity contribution in [2.24, 2.45) is 0 Å². The third kappa shape index (κ3) is 5.32. The summed E-state index contributed by atoms with van der Waals surface area (Å²) in [6.45, 7) is 0. The summed E-state index contributed by atoms with van der Waals surface area (Å²) in [5.74, 6) is 0. The third-order valence-electron chi connectivity index (χ3n) is 9.61. The van der Waals surface area contributed by atoms with Gasteiger partial charge in [-0.25, -0.2) is 0 Å². The second kappa shape index (κ2) is 12.3. The van der Waals surface area contributed by atoms with Crippen LogP contribution in [0.5, 0.6) is 0 Å². The summed E-state index contributed by atoms with van der Waals surface area (Å²) >= 11 is 0. The van der Waals surface area contributed by atoms with Crippen molar-refractivity contribution in [3.8, 4) is 33.4 Å². The van der Waals surface area contributed by atoms with E-state index in [9.17, 15) is 0 Å². The molecule has 0 radical (unpaired) electrons. The fourth-order valence-corrected chi connectivity index (χ4v) is 7.21. The summed E-state index contributed by atoms with van der Waals surface area (Å²) in [7, 11) is 0. The molecule has 0 unspecified atom stereocenters. The molecule has 0 N–H and O–H groups in total. The zero-order valence-electron chi connectivity index (χ0n) is 27.0. The van der Waals surface area contributed by atoms with E-state index in [1.54, 1.807) is 0 Å². The van der Waals surface area contributed by atoms with E-state index >= 15 is 0 Å². The summed E-state index contributed by atoms with van der Waals surface area (Å²) < 4.78 is 0. The molecule has 0 atom stereocenters. The molecule has 1 heteroatoms. The fraction of sp³-hybridized carbons (Fsp3) is 0. The molecule has 49 heavy (non-hydrogen) atoms. The summed E-state index contributed by atoms with van der Waals surface area (Å²) in [6, 6.07) is 72.7. The fourth-order valence-electron chi connectivity index (χ4n) is 7.21. The zero-order valence-corrected chi connectivity index (χ0v) is 27.0. The van der Waals surface area contributed by atoms with Crippen molar-refractivity contribution >= 4 is 49.4 Å². The Morgan fingerprint density at radius 1 is 0.286 bits per heavy atom. The predicted molar refractivity (Wildman–Crippen MR) is 210 cm³/mol. The molecular weight excluding hydrogens is 591 g/mol. The number of benzene rings is 9. The quantitative estimate of drug-likeness (QED) is 0.178. The number of fused-ring (bicyclic) bond motifs is 3. The van der Waals surface area contributed by atoms with Crippen LogP contribution in [0, 0.1) is 0 Å². The van der Waals surface area contributed by atoms with E-state index in [1.807, 2.05) is 0 Å². The number of nitrogens with zero attached hydrogens (tertiary/aromatic N) is 1. The van der Waals surface area contributed by atoms with Crippen molar-refractivity contribution < 1.29 is 0 Å². The van der Waals surface area contributed by atoms with E-state index < -0.39 is 0 Å². The van der Waals surface area contributed by atoms with Crippen LogP contribution in [0.25, 0.3) is 65.7 Å². The van der Waals surface area contributed by atoms with Crippen LogP contribution in [0.1, 0.15) is 0 Å². The first-order valence-corrected chi connectivity index (χ1v) is 16.8. The van der Waals surface area contributed by atoms with Crippen molar-refractivity contribution in [2.45, 2.75) is 0 Å². The minimum atomic E-state index is 1.11. The standard InChI is InChI=1S/C48H33N/c1-3-13-34(14-4-1)41-27-29-46(45(33-41)37-17-5-2-6-18-37)49(43-28-25-36-16-8-10-21-40(36)32-43)47-30-26-38-19-11-12-22-44(38)48(47)42-24-23-35-15-7-9-20-39(35)31-42/h1-33H. The molecular formula is C48H33N. The molecule has 0 amide bonds. The second-order valence-electron chi connectivity index (χ2n) is 12.6. The molecule has 0 fully saturated rings. The number of anilines is 3. The highest BCUT2D eigenvalue weighted by atomic mass is 15.1. The van der Waals surface area contributed by atoms with Crippen molar-refractivity contribution in [2.75, 3.05) is 4.90 Å². The Kier molecular flexibility index (Phi) is 7.22. The maximum absolute atomic E-state index is 2.47. The van der Waals surface area contributed by atoms with Crippen molar-refractivity contribution in [3.05, 3.63) is 200 Å². The summed E-state index contributed by atoms with van der Waals surface area (Å²) in [5.41, 5.74) is 10.5. The molecule has 0 heterocycles. The first-order chi connectivity index (χ1) is 24.3. The van der Waals surface area contributed by atoms with Gasteiger partial charge in [0.25, 0.3) is 0 Å². The maximum Gasteiger partial charge on any atom is 0.0546 e. The molecule has 0 spiro atoms. The van der Waals surface area contributed by atoms with Gasteiger partial charge in [-0.2, -0.15) is 0 Å². The van der Waals surface area contributed by atoms with Gasteiger partial charge in [-0.3, -0.25) is 0 Å². The summed E-state index contributed by atoms with van der Waals surface area (Å²) in [5, 5.41) is 7.34. The first kappa shape index (κ1) is 28.8. The van der Waals surface area contributed by atoms with E-state index in [-0.39, 0.29) is 0 Å². The van der Waals surface area contributed by atoms with Gasteiger partial charge >= 0.3 is 0 Å². The van der Waals surface area contributed by atoms with Crippen LogP contribution in [-0.2, 0) is 0 Å². The number of hydrogen-bond acceptors (Lipinski definition) is 1. The van der Waals surface area contributed by atoms with E-state index in [4.69, 9.17) is 0 Å². The summed E-state index contributed by atoms with van der Waals surface area (Å²) in [6.07, 6.45) is 0. The lowest BCUT2D eigenvalue weighted by atomic mass is 9.92. The van der Waals surface area contributed by atoms with Gasteiger partial charge in [0.15, 0.2) is 0 Å². The Morgan fingerprint density at radius 3 is 1.55 bits per heavy atom. The van der Waals surface area contributed by atoms with Crippen LogP contribution in [0.4, 0.5) is 17.1 Å². The van der Waals surface area contributed by atoms with Gasteiger partial charge in [-0.1, -0.05) is 164 Å². The molecule has 0 aromatic heterocycles. The minimum absolute atomic E-state index is 1.11. The van der Waals surface area contributed by atoms with Crippen molar-refractivity contribution in [1.29, 1.82) is 0 Å². The van der Waals surface area contributed by atoms with Crippen LogP contribution < -0.4 is 4.90 Å². The predicted octanol–water partition coefficient (Wildman–Crippen LogP) is 13.6. The van der Waals surface area contributed by atoms with E-state index in [1.165, 1.54) is 65.7 Å². The lowest BCUT2D eigenvalue weighted by molar-refractivity contribution is 1.29. The van der Waals surface area contributed by atoms with Gasteiger partial charge in [0.1, 0.15) is 0 Å². The van der Waals surface area contributed by atoms with E-state index in [2.05, 4.69) is 205 Å². The lowest BCUT2D eigenvalue weighted by Gasteiger charge is -2.31. The molecule has 230 valence electrons. The van der Waals surface area contributed by atoms with Gasteiger partial charge in [-0.05, 0) is 91.0 Å². The Morgan fingerprint density at radius 2 is 0.816 bits per heavy atom. The first-order valence-electron chi connectivity index (χ1n) is 16.8. The Labute approximate surface area is 287 Å². The highest BCUT2D eigenvalue weighted by Gasteiger charge is 2.23. The molecule has 0 aliphatic heterocycles. The topological polar surface area (TPSA) is 3.24 Å². The highest BCUT2D eigenvalue weighted by molar-refractivity contribution is 6.08. The van der Waals surface area contributed by atoms with E-state index in [0.717, 1.165) is 17.1 Å². The molecule has 9 rings (SSSR count). The van der Waals surface area contributed by atoms with Crippen molar-refractivity contribution in [3.63, 3.8) is 0 Å². The lowest BCUT2D eigenvalue weighted by Crippen LogP contribution is -2.13. The van der Waals surface area contributed by atoms with Gasteiger partial charge in [0.2, 0.25) is 0 Å². The van der Waals surface area contributed by atoms with Crippen LogP contribution in [0.2, 0.25) is 0 Å². The second-order valence-corrected chi connectivity index (χ2v) is 12.6. The van der Waals surface area contributed by atoms with Crippen molar-refractivity contribution in [1.82, 2.24) is 0 Å². The Bertz CT molecular complexity index is 2600. The molecule has 0 bridgehead atoms. The molecule has 0 saturated carbocycles. The van der Waals surface area contributed by atoms with Gasteiger partial charge in [0.05, 0.1) is 11.4 Å². The average Bonchev–Trinajstić information content (AvgIpc) is 3.18. The molecule has 9 aromatic rings. The SMILES string of the molecule is c1ccc(-c2ccc(N(c3ccc4ccccc4c3)c3ccc4ccccc4c3-c3ccc4ccccc4c3)c(-c3ccccc3)c2)cc1. The Hall–Kier alpha value is -6.44. The monoisotopic (exact) mass is 623 g/mol. The number of hydrogen-bond donors (Lipinski definition) is 0. The van der Waals surface area contributed by atoms with Crippen LogP contribution in [0.15, 0.2) is 200 Å². The van der Waals surface area contributed by atoms with Gasteiger partial charge < -0.3 is 4.90 Å². The average molecular weight is 624 g/mol. The normalized spacial score (nSPS) is 11.3. The smallest absolute Gasteiger partial charge is 0.0546 e. The third-order valence-corrected chi connectivity index (χ3v) is 9.61. The minimum Gasteiger partial charge on any atom is -0.309 e. The molecule has 0 saturated heterocycles. The summed E-state index contributed by atoms with van der Waals surface area (Å²) in [4.78, 5) is 2.47. The van der Waals surface area contributed by atoms with Crippen LogP contribution in [-0.4, -0.2) is 0 Å². The van der Waals surface area contributed by atoms with E-state index in [0.29, 0.717) is 0 Å². The molecule has 9 aromatic carbocycles. The van der Waals surface area contributed by atoms with Crippen LogP contribution in [0.3, 0.4) is 0 Å². The van der Waals surface area contributed by atoms with Gasteiger partial charge in [0, 0.05) is 16.8 Å². The zero-order chi connectivity index (χ0) is 32.6. The van der Waals surface area contributed by atoms with Crippen LogP contribution >= 0.6 is 0 Å². The Balaban J connectivity index is 1.37. The highest BCUT2D eigenvalue weighted by Crippen LogP contribution is 2.48. The molecule has 0 aliphatic rings. The number of rotatable bonds is 6. The van der Waals surface area contributed by atoms with Gasteiger partial charge in [-0.15, -0.1) is 0 Å². The largest absolute Gasteiger partial charge is 0.309 e. The molecule has 1 nitrogen and oxygen atoms in total.